The van der Waals surface area contributed by atoms with Crippen molar-refractivity contribution in [2.75, 3.05) is 19.3 Å². The molecule has 4 heteroatoms. The van der Waals surface area contributed by atoms with Gasteiger partial charge in [0, 0.05) is 23.4 Å². The number of nitrogens with zero attached hydrogens (tertiary/aromatic N) is 1. The highest BCUT2D eigenvalue weighted by Crippen LogP contribution is 2.23. The summed E-state index contributed by atoms with van der Waals surface area (Å²) >= 11 is 3.46. The smallest absolute Gasteiger partial charge is 0.150 e. The zero-order chi connectivity index (χ0) is 9.68. The second-order valence-electron chi connectivity index (χ2n) is 2.82. The van der Waals surface area contributed by atoms with Crippen LogP contribution in [0.15, 0.2) is 21.9 Å². The van der Waals surface area contributed by atoms with Crippen molar-refractivity contribution in [2.45, 2.75) is 11.3 Å². The van der Waals surface area contributed by atoms with Gasteiger partial charge in [0.1, 0.15) is 4.34 Å². The minimum Gasteiger partial charge on any atom is -0.316 e. The average molecular weight is 214 g/mol. The van der Waals surface area contributed by atoms with Gasteiger partial charge < -0.3 is 5.32 Å². The number of hydrogen-bond donors (Lipinski definition) is 1. The van der Waals surface area contributed by atoms with E-state index in [4.69, 9.17) is 0 Å². The van der Waals surface area contributed by atoms with Crippen molar-refractivity contribution < 1.29 is 0 Å². The van der Waals surface area contributed by atoms with Crippen LogP contribution in [0, 0.1) is 6.92 Å². The molecule has 0 spiro atoms. The van der Waals surface area contributed by atoms with E-state index < -0.39 is 0 Å². The molecule has 72 valence electrons. The van der Waals surface area contributed by atoms with Crippen molar-refractivity contribution in [1.82, 2.24) is 10.3 Å². The van der Waals surface area contributed by atoms with Gasteiger partial charge in [-0.2, -0.15) is 0 Å². The minimum absolute atomic E-state index is 0.886. The van der Waals surface area contributed by atoms with Crippen LogP contribution in [0.5, 0.6) is 0 Å². The lowest BCUT2D eigenvalue weighted by atomic mass is 10.3. The summed E-state index contributed by atoms with van der Waals surface area (Å²) in [5.74, 6) is 0.952. The molecule has 1 rings (SSSR count). The molecule has 0 aliphatic rings. The first-order valence-corrected chi connectivity index (χ1v) is 5.95. The summed E-state index contributed by atoms with van der Waals surface area (Å²) in [4.78, 5) is 4.36. The number of thioether (sulfide) groups is 1. The van der Waals surface area contributed by atoms with Crippen LogP contribution < -0.4 is 5.32 Å². The lowest BCUT2D eigenvalue weighted by Gasteiger charge is -2.01. The molecular formula is C9H14N2S2. The number of hydrogen-bond acceptors (Lipinski definition) is 4. The van der Waals surface area contributed by atoms with Gasteiger partial charge in [0.25, 0.3) is 0 Å². The highest BCUT2D eigenvalue weighted by atomic mass is 32.2. The molecule has 1 aromatic heterocycles. The van der Waals surface area contributed by atoms with Crippen molar-refractivity contribution >= 4 is 23.1 Å². The first kappa shape index (κ1) is 10.8. The van der Waals surface area contributed by atoms with E-state index in [2.05, 4.69) is 22.3 Å². The molecule has 0 atom stereocenters. The topological polar surface area (TPSA) is 24.9 Å². The van der Waals surface area contributed by atoms with E-state index in [0.717, 1.165) is 22.3 Å². The Balaban J connectivity index is 2.30. The predicted molar refractivity (Wildman–Crippen MR) is 60.6 cm³/mol. The van der Waals surface area contributed by atoms with Crippen LogP contribution in [0.1, 0.15) is 5.69 Å². The van der Waals surface area contributed by atoms with Crippen molar-refractivity contribution in [1.29, 1.82) is 0 Å². The van der Waals surface area contributed by atoms with Crippen molar-refractivity contribution in [2.24, 2.45) is 0 Å². The number of aryl methyl sites for hydroxylation is 1. The van der Waals surface area contributed by atoms with Gasteiger partial charge in [0.15, 0.2) is 0 Å². The van der Waals surface area contributed by atoms with Gasteiger partial charge >= 0.3 is 0 Å². The van der Waals surface area contributed by atoms with Gasteiger partial charge in [0.2, 0.25) is 0 Å². The van der Waals surface area contributed by atoms with E-state index in [9.17, 15) is 0 Å². The first-order valence-electron chi connectivity index (χ1n) is 4.08. The number of nitrogens with one attached hydrogen (secondary N) is 1. The Hall–Kier alpha value is -0.320. The molecule has 0 unspecified atom stereocenters. The summed E-state index contributed by atoms with van der Waals surface area (Å²) in [7, 11) is 1.93. The first-order chi connectivity index (χ1) is 6.22. The van der Waals surface area contributed by atoms with Crippen molar-refractivity contribution in [3.63, 3.8) is 0 Å². The number of likely N-dealkylation sites (N-methyl/N-ethyl adjacent to an activating group) is 1. The van der Waals surface area contributed by atoms with E-state index in [1.165, 1.54) is 5.57 Å². The zero-order valence-corrected chi connectivity index (χ0v) is 9.60. The molecular weight excluding hydrogens is 200 g/mol. The molecule has 0 saturated carbocycles. The monoisotopic (exact) mass is 214 g/mol. The average Bonchev–Trinajstić information content (AvgIpc) is 2.49. The molecule has 0 radical (unpaired) electrons. The second kappa shape index (κ2) is 5.42. The molecule has 0 amide bonds. The van der Waals surface area contributed by atoms with Crippen LogP contribution in [-0.4, -0.2) is 24.3 Å². The summed E-state index contributed by atoms with van der Waals surface area (Å²) in [5.41, 5.74) is 2.31. The summed E-state index contributed by atoms with van der Waals surface area (Å²) < 4.78 is 1.13. The van der Waals surface area contributed by atoms with Crippen molar-refractivity contribution in [3.8, 4) is 0 Å². The largest absolute Gasteiger partial charge is 0.316 e. The van der Waals surface area contributed by atoms with E-state index in [-0.39, 0.29) is 0 Å². The summed E-state index contributed by atoms with van der Waals surface area (Å²) in [5, 5.41) is 5.15. The third kappa shape index (κ3) is 3.93. The summed E-state index contributed by atoms with van der Waals surface area (Å²) in [6.07, 6.45) is 0. The Kier molecular flexibility index (Phi) is 4.48. The molecule has 1 aromatic rings. The van der Waals surface area contributed by atoms with Crippen LogP contribution in [0.2, 0.25) is 0 Å². The number of rotatable bonds is 5. The maximum atomic E-state index is 4.36. The van der Waals surface area contributed by atoms with E-state index >= 15 is 0 Å². The molecule has 0 aromatic carbocycles. The van der Waals surface area contributed by atoms with Gasteiger partial charge in [-0.05, 0) is 14.0 Å². The van der Waals surface area contributed by atoms with Gasteiger partial charge in [-0.25, -0.2) is 4.98 Å². The molecule has 0 aliphatic heterocycles. The molecule has 0 fully saturated rings. The quantitative estimate of drug-likeness (QED) is 0.601. The minimum atomic E-state index is 0.886. The summed E-state index contributed by atoms with van der Waals surface area (Å²) in [6, 6.07) is 0. The van der Waals surface area contributed by atoms with E-state index in [0.29, 0.717) is 0 Å². The Morgan fingerprint density at radius 3 is 3.08 bits per heavy atom. The van der Waals surface area contributed by atoms with Gasteiger partial charge in [0.05, 0.1) is 0 Å². The Bertz CT molecular complexity index is 281. The fourth-order valence-corrected chi connectivity index (χ4v) is 2.62. The molecule has 13 heavy (non-hydrogen) atoms. The lowest BCUT2D eigenvalue weighted by molar-refractivity contribution is 0.885. The Labute approximate surface area is 87.5 Å². The SMILES string of the molecule is C=C(CNC)CSc1nc(C)cs1. The fraction of sp³-hybridized carbons (Fsp3) is 0.444. The van der Waals surface area contributed by atoms with Crippen LogP contribution in [0.25, 0.3) is 0 Å². The van der Waals surface area contributed by atoms with Gasteiger partial charge in [-0.1, -0.05) is 23.9 Å². The normalized spacial score (nSPS) is 10.3. The third-order valence-electron chi connectivity index (χ3n) is 1.42. The van der Waals surface area contributed by atoms with Gasteiger partial charge in [-0.3, -0.25) is 0 Å². The molecule has 1 N–H and O–H groups in total. The van der Waals surface area contributed by atoms with E-state index in [1.54, 1.807) is 23.1 Å². The Morgan fingerprint density at radius 1 is 1.77 bits per heavy atom. The maximum absolute atomic E-state index is 4.36. The highest BCUT2D eigenvalue weighted by molar-refractivity contribution is 8.01. The van der Waals surface area contributed by atoms with Crippen LogP contribution >= 0.6 is 23.1 Å². The van der Waals surface area contributed by atoms with Crippen LogP contribution in [-0.2, 0) is 0 Å². The zero-order valence-electron chi connectivity index (χ0n) is 7.96. The van der Waals surface area contributed by atoms with Gasteiger partial charge in [-0.15, -0.1) is 11.3 Å². The molecule has 0 saturated heterocycles. The van der Waals surface area contributed by atoms with Crippen molar-refractivity contribution in [3.05, 3.63) is 23.2 Å². The standard InChI is InChI=1S/C9H14N2S2/c1-7(4-10-3)5-12-9-11-8(2)6-13-9/h6,10H,1,4-5H2,2-3H3. The Morgan fingerprint density at radius 2 is 2.54 bits per heavy atom. The summed E-state index contributed by atoms with van der Waals surface area (Å²) in [6.45, 7) is 6.86. The highest BCUT2D eigenvalue weighted by Gasteiger charge is 2.00. The van der Waals surface area contributed by atoms with Crippen LogP contribution in [0.4, 0.5) is 0 Å². The molecule has 2 nitrogen and oxygen atoms in total. The molecule has 0 bridgehead atoms. The predicted octanol–water partition coefficient (Wildman–Crippen LogP) is 2.32. The number of thiazole rings is 1. The third-order valence-corrected chi connectivity index (χ3v) is 3.71. The second-order valence-corrected chi connectivity index (χ2v) is 4.90. The number of aromatic nitrogens is 1. The maximum Gasteiger partial charge on any atom is 0.150 e. The lowest BCUT2D eigenvalue weighted by Crippen LogP contribution is -2.10. The van der Waals surface area contributed by atoms with Crippen LogP contribution in [0.3, 0.4) is 0 Å². The van der Waals surface area contributed by atoms with E-state index in [1.807, 2.05) is 14.0 Å². The molecule has 0 aliphatic carbocycles. The fourth-order valence-electron chi connectivity index (χ4n) is 0.864. The molecule has 1 heterocycles.